The van der Waals surface area contributed by atoms with Gasteiger partial charge < -0.3 is 10.4 Å². The molecule has 1 unspecified atom stereocenters. The maximum Gasteiger partial charge on any atom is 0.161 e. The molecule has 2 aromatic carbocycles. The summed E-state index contributed by atoms with van der Waals surface area (Å²) in [5, 5.41) is 12.5. The summed E-state index contributed by atoms with van der Waals surface area (Å²) in [6.45, 7) is -0.173. The third-order valence-corrected chi connectivity index (χ3v) is 3.01. The Balaban J connectivity index is 1.96. The quantitative estimate of drug-likeness (QED) is 0.657. The predicted molar refractivity (Wildman–Crippen MR) is 69.4 cm³/mol. The van der Waals surface area contributed by atoms with E-state index in [0.717, 1.165) is 6.07 Å². The van der Waals surface area contributed by atoms with E-state index < -0.39 is 29.4 Å². The molecule has 2 N–H and O–H groups in total. The smallest absolute Gasteiger partial charge is 0.161 e. The summed E-state index contributed by atoms with van der Waals surface area (Å²) in [6.07, 6.45) is -1.13. The van der Waals surface area contributed by atoms with Gasteiger partial charge in [0, 0.05) is 30.3 Å². The maximum absolute atomic E-state index is 13.4. The molecule has 0 aliphatic heterocycles. The van der Waals surface area contributed by atoms with E-state index in [-0.39, 0.29) is 24.2 Å². The third-order valence-electron chi connectivity index (χ3n) is 3.01. The van der Waals surface area contributed by atoms with Gasteiger partial charge in [-0.2, -0.15) is 0 Å². The molecule has 1 atom stereocenters. The molecule has 0 heterocycles. The molecule has 0 spiro atoms. The van der Waals surface area contributed by atoms with Crippen molar-refractivity contribution in [1.82, 2.24) is 5.32 Å². The number of benzene rings is 2. The van der Waals surface area contributed by atoms with E-state index in [0.29, 0.717) is 6.07 Å². The summed E-state index contributed by atoms with van der Waals surface area (Å²) < 4.78 is 52.5. The van der Waals surface area contributed by atoms with Gasteiger partial charge >= 0.3 is 0 Å². The minimum absolute atomic E-state index is 0.0562. The first-order valence-corrected chi connectivity index (χ1v) is 6.25. The Morgan fingerprint density at radius 1 is 0.905 bits per heavy atom. The summed E-state index contributed by atoms with van der Waals surface area (Å²) >= 11 is 0. The van der Waals surface area contributed by atoms with Crippen molar-refractivity contribution in [3.8, 4) is 0 Å². The SMILES string of the molecule is OC(CNCc1cc(F)c(F)cc1F)c1ccccc1F. The van der Waals surface area contributed by atoms with Crippen molar-refractivity contribution in [2.45, 2.75) is 12.6 Å². The number of hydrogen-bond acceptors (Lipinski definition) is 2. The van der Waals surface area contributed by atoms with Crippen LogP contribution in [0.4, 0.5) is 17.6 Å². The summed E-state index contributed by atoms with van der Waals surface area (Å²) in [5.41, 5.74) is 0.0328. The van der Waals surface area contributed by atoms with Crippen molar-refractivity contribution in [3.05, 3.63) is 70.8 Å². The lowest BCUT2D eigenvalue weighted by atomic mass is 10.1. The molecule has 21 heavy (non-hydrogen) atoms. The summed E-state index contributed by atoms with van der Waals surface area (Å²) in [5.74, 6) is -3.85. The highest BCUT2D eigenvalue weighted by molar-refractivity contribution is 5.21. The number of aliphatic hydroxyl groups is 1. The van der Waals surface area contributed by atoms with Crippen LogP contribution in [0.5, 0.6) is 0 Å². The molecular weight excluding hydrogens is 286 g/mol. The topological polar surface area (TPSA) is 32.3 Å². The minimum Gasteiger partial charge on any atom is -0.387 e. The zero-order valence-electron chi connectivity index (χ0n) is 10.9. The predicted octanol–water partition coefficient (Wildman–Crippen LogP) is 3.07. The lowest BCUT2D eigenvalue weighted by Crippen LogP contribution is -2.22. The maximum atomic E-state index is 13.4. The Morgan fingerprint density at radius 2 is 1.57 bits per heavy atom. The van der Waals surface area contributed by atoms with Gasteiger partial charge in [-0.05, 0) is 12.1 Å². The Morgan fingerprint density at radius 3 is 2.29 bits per heavy atom. The van der Waals surface area contributed by atoms with E-state index in [2.05, 4.69) is 5.32 Å². The molecule has 0 radical (unpaired) electrons. The molecule has 0 saturated heterocycles. The van der Waals surface area contributed by atoms with Gasteiger partial charge in [0.25, 0.3) is 0 Å². The first-order chi connectivity index (χ1) is 9.99. The fourth-order valence-electron chi connectivity index (χ4n) is 1.90. The van der Waals surface area contributed by atoms with Gasteiger partial charge in [0.2, 0.25) is 0 Å². The molecular formula is C15H13F4NO. The number of halogens is 4. The fraction of sp³-hybridized carbons (Fsp3) is 0.200. The second-order valence-electron chi connectivity index (χ2n) is 4.53. The Kier molecular flexibility index (Phi) is 4.93. The first-order valence-electron chi connectivity index (χ1n) is 6.25. The van der Waals surface area contributed by atoms with Crippen molar-refractivity contribution < 1.29 is 22.7 Å². The van der Waals surface area contributed by atoms with Crippen LogP contribution < -0.4 is 5.32 Å². The molecule has 6 heteroatoms. The van der Waals surface area contributed by atoms with Gasteiger partial charge in [-0.1, -0.05) is 18.2 Å². The monoisotopic (exact) mass is 299 g/mol. The molecule has 0 fully saturated rings. The summed E-state index contributed by atoms with van der Waals surface area (Å²) in [4.78, 5) is 0. The fourth-order valence-corrected chi connectivity index (χ4v) is 1.90. The Labute approximate surface area is 119 Å². The first kappa shape index (κ1) is 15.5. The molecule has 0 aromatic heterocycles. The molecule has 2 nitrogen and oxygen atoms in total. The van der Waals surface area contributed by atoms with Crippen molar-refractivity contribution >= 4 is 0 Å². The second kappa shape index (κ2) is 6.69. The van der Waals surface area contributed by atoms with Crippen LogP contribution >= 0.6 is 0 Å². The standard InChI is InChI=1S/C15H13F4NO/c16-11-4-2-1-3-10(11)15(21)8-20-7-9-5-13(18)14(19)6-12(9)17/h1-6,15,20-21H,7-8H2. The highest BCUT2D eigenvalue weighted by Gasteiger charge is 2.13. The highest BCUT2D eigenvalue weighted by atomic mass is 19.2. The largest absolute Gasteiger partial charge is 0.387 e. The van der Waals surface area contributed by atoms with Crippen LogP contribution in [0.3, 0.4) is 0 Å². The summed E-state index contributed by atoms with van der Waals surface area (Å²) in [6, 6.07) is 6.92. The zero-order chi connectivity index (χ0) is 15.4. The van der Waals surface area contributed by atoms with E-state index in [9.17, 15) is 22.7 Å². The number of aliphatic hydroxyl groups excluding tert-OH is 1. The molecule has 0 amide bonds. The lowest BCUT2D eigenvalue weighted by Gasteiger charge is -2.13. The van der Waals surface area contributed by atoms with Gasteiger partial charge in [0.15, 0.2) is 11.6 Å². The molecule has 0 aliphatic carbocycles. The number of rotatable bonds is 5. The van der Waals surface area contributed by atoms with Crippen LogP contribution in [0, 0.1) is 23.3 Å². The van der Waals surface area contributed by atoms with Crippen molar-refractivity contribution in [2.75, 3.05) is 6.54 Å². The van der Waals surface area contributed by atoms with Crippen LogP contribution in [0.25, 0.3) is 0 Å². The summed E-state index contributed by atoms with van der Waals surface area (Å²) in [7, 11) is 0. The molecule has 112 valence electrons. The number of nitrogens with one attached hydrogen (secondary N) is 1. The van der Waals surface area contributed by atoms with E-state index >= 15 is 0 Å². The minimum atomic E-state index is -1.26. The van der Waals surface area contributed by atoms with Crippen LogP contribution in [0.1, 0.15) is 17.2 Å². The Hall–Kier alpha value is -1.92. The average molecular weight is 299 g/mol. The molecule has 2 aromatic rings. The van der Waals surface area contributed by atoms with Crippen LogP contribution in [-0.2, 0) is 6.54 Å². The highest BCUT2D eigenvalue weighted by Crippen LogP contribution is 2.17. The Bertz CT molecular complexity index is 633. The van der Waals surface area contributed by atoms with E-state index in [1.807, 2.05) is 0 Å². The van der Waals surface area contributed by atoms with Crippen molar-refractivity contribution in [3.63, 3.8) is 0 Å². The average Bonchev–Trinajstić information content (AvgIpc) is 2.44. The van der Waals surface area contributed by atoms with Gasteiger partial charge in [-0.25, -0.2) is 17.6 Å². The molecule has 2 rings (SSSR count). The van der Waals surface area contributed by atoms with Crippen molar-refractivity contribution in [2.24, 2.45) is 0 Å². The van der Waals surface area contributed by atoms with E-state index in [1.165, 1.54) is 18.2 Å². The molecule has 0 bridgehead atoms. The molecule has 0 saturated carbocycles. The van der Waals surface area contributed by atoms with Crippen molar-refractivity contribution in [1.29, 1.82) is 0 Å². The second-order valence-corrected chi connectivity index (χ2v) is 4.53. The van der Waals surface area contributed by atoms with Gasteiger partial charge in [-0.15, -0.1) is 0 Å². The molecule has 0 aliphatic rings. The van der Waals surface area contributed by atoms with Crippen LogP contribution in [-0.4, -0.2) is 11.7 Å². The van der Waals surface area contributed by atoms with Gasteiger partial charge in [0.05, 0.1) is 6.10 Å². The van der Waals surface area contributed by atoms with Gasteiger partial charge in [0.1, 0.15) is 11.6 Å². The van der Waals surface area contributed by atoms with E-state index in [1.54, 1.807) is 6.07 Å². The lowest BCUT2D eigenvalue weighted by molar-refractivity contribution is 0.169. The third kappa shape index (κ3) is 3.80. The zero-order valence-corrected chi connectivity index (χ0v) is 10.9. The van der Waals surface area contributed by atoms with Gasteiger partial charge in [-0.3, -0.25) is 0 Å². The normalized spacial score (nSPS) is 12.4. The van der Waals surface area contributed by atoms with Crippen LogP contribution in [0.2, 0.25) is 0 Å². The van der Waals surface area contributed by atoms with Crippen LogP contribution in [0.15, 0.2) is 36.4 Å². The van der Waals surface area contributed by atoms with E-state index in [4.69, 9.17) is 0 Å². The number of hydrogen-bond donors (Lipinski definition) is 2.